The highest BCUT2D eigenvalue weighted by Crippen LogP contribution is 2.28. The Balaban J connectivity index is 1.68. The van der Waals surface area contributed by atoms with Crippen LogP contribution in [-0.2, 0) is 0 Å². The van der Waals surface area contributed by atoms with E-state index in [0.717, 1.165) is 24.9 Å². The Hall–Kier alpha value is -1.36. The average molecular weight is 304 g/mol. The number of aromatic nitrogens is 2. The lowest BCUT2D eigenvalue weighted by atomic mass is 10.1. The summed E-state index contributed by atoms with van der Waals surface area (Å²) in [5.74, 6) is 1.59. The van der Waals surface area contributed by atoms with E-state index in [9.17, 15) is 0 Å². The molecule has 0 aliphatic carbocycles. The van der Waals surface area contributed by atoms with Crippen molar-refractivity contribution in [2.24, 2.45) is 0 Å². The van der Waals surface area contributed by atoms with Gasteiger partial charge in [-0.3, -0.25) is 0 Å². The summed E-state index contributed by atoms with van der Waals surface area (Å²) in [6.07, 6.45) is 10.1. The van der Waals surface area contributed by atoms with Crippen molar-refractivity contribution < 1.29 is 4.74 Å². The Morgan fingerprint density at radius 1 is 1.00 bits per heavy atom. The minimum Gasteiger partial charge on any atom is -0.472 e. The Bertz CT molecular complexity index is 473. The molecule has 122 valence electrons. The zero-order chi connectivity index (χ0) is 15.4. The molecule has 0 amide bonds. The summed E-state index contributed by atoms with van der Waals surface area (Å²) >= 11 is 0. The van der Waals surface area contributed by atoms with E-state index in [1.165, 1.54) is 45.2 Å². The van der Waals surface area contributed by atoms with Gasteiger partial charge in [0, 0.05) is 31.5 Å². The van der Waals surface area contributed by atoms with E-state index in [1.807, 2.05) is 13.8 Å². The molecule has 0 N–H and O–H groups in total. The van der Waals surface area contributed by atoms with Gasteiger partial charge in [-0.15, -0.1) is 0 Å². The van der Waals surface area contributed by atoms with E-state index >= 15 is 0 Å². The predicted molar refractivity (Wildman–Crippen MR) is 88.5 cm³/mol. The fourth-order valence-corrected chi connectivity index (χ4v) is 3.60. The Kier molecular flexibility index (Phi) is 5.13. The summed E-state index contributed by atoms with van der Waals surface area (Å²) in [6, 6.07) is 0.749. The maximum Gasteiger partial charge on any atom is 0.257 e. The van der Waals surface area contributed by atoms with Crippen LogP contribution in [0.3, 0.4) is 0 Å². The van der Waals surface area contributed by atoms with Gasteiger partial charge >= 0.3 is 0 Å². The lowest BCUT2D eigenvalue weighted by Gasteiger charge is -2.27. The van der Waals surface area contributed by atoms with Crippen molar-refractivity contribution in [3.05, 3.63) is 12.4 Å². The molecule has 0 aromatic carbocycles. The van der Waals surface area contributed by atoms with E-state index in [0.29, 0.717) is 5.88 Å². The molecule has 1 unspecified atom stereocenters. The lowest BCUT2D eigenvalue weighted by molar-refractivity contribution is 0.225. The van der Waals surface area contributed by atoms with Crippen LogP contribution in [0.25, 0.3) is 0 Å². The predicted octanol–water partition coefficient (Wildman–Crippen LogP) is 2.72. The summed E-state index contributed by atoms with van der Waals surface area (Å²) in [4.78, 5) is 14.0. The molecular formula is C17H28N4O. The Morgan fingerprint density at radius 3 is 2.55 bits per heavy atom. The van der Waals surface area contributed by atoms with Crippen LogP contribution in [0.4, 0.5) is 5.82 Å². The number of anilines is 1. The summed E-state index contributed by atoms with van der Waals surface area (Å²) < 4.78 is 5.84. The van der Waals surface area contributed by atoms with Crippen molar-refractivity contribution in [3.8, 4) is 5.88 Å². The van der Waals surface area contributed by atoms with Crippen LogP contribution in [0.1, 0.15) is 46.0 Å². The molecule has 1 aromatic heterocycles. The molecule has 0 saturated carbocycles. The number of likely N-dealkylation sites (tertiary alicyclic amines) is 1. The van der Waals surface area contributed by atoms with Crippen LogP contribution in [-0.4, -0.2) is 53.2 Å². The molecule has 1 atom stereocenters. The normalized spacial score (nSPS) is 23.8. The van der Waals surface area contributed by atoms with Crippen LogP contribution in [0, 0.1) is 0 Å². The quantitative estimate of drug-likeness (QED) is 0.855. The maximum atomic E-state index is 5.84. The fourth-order valence-electron chi connectivity index (χ4n) is 3.60. The molecule has 3 rings (SSSR count). The van der Waals surface area contributed by atoms with Gasteiger partial charge in [0.1, 0.15) is 0 Å². The summed E-state index contributed by atoms with van der Waals surface area (Å²) in [5, 5.41) is 0. The number of hydrogen-bond acceptors (Lipinski definition) is 5. The minimum absolute atomic E-state index is 0.125. The fraction of sp³-hybridized carbons (Fsp3) is 0.765. The van der Waals surface area contributed by atoms with Crippen molar-refractivity contribution >= 4 is 5.82 Å². The van der Waals surface area contributed by atoms with Gasteiger partial charge in [-0.05, 0) is 59.0 Å². The van der Waals surface area contributed by atoms with Crippen molar-refractivity contribution in [1.29, 1.82) is 0 Å². The van der Waals surface area contributed by atoms with Gasteiger partial charge in [0.15, 0.2) is 5.82 Å². The van der Waals surface area contributed by atoms with Crippen molar-refractivity contribution in [2.75, 3.05) is 31.1 Å². The van der Waals surface area contributed by atoms with Gasteiger partial charge in [-0.2, -0.15) is 0 Å². The van der Waals surface area contributed by atoms with E-state index in [4.69, 9.17) is 4.74 Å². The van der Waals surface area contributed by atoms with Gasteiger partial charge in [0.2, 0.25) is 0 Å². The van der Waals surface area contributed by atoms with Crippen LogP contribution >= 0.6 is 0 Å². The van der Waals surface area contributed by atoms with Crippen molar-refractivity contribution in [1.82, 2.24) is 14.9 Å². The molecule has 2 aliphatic heterocycles. The second-order valence-electron chi connectivity index (χ2n) is 6.67. The smallest absolute Gasteiger partial charge is 0.257 e. The monoisotopic (exact) mass is 304 g/mol. The average Bonchev–Trinajstić information content (AvgIpc) is 2.93. The van der Waals surface area contributed by atoms with Crippen LogP contribution in [0.5, 0.6) is 5.88 Å². The topological polar surface area (TPSA) is 41.5 Å². The number of hydrogen-bond donors (Lipinski definition) is 0. The first-order chi connectivity index (χ1) is 10.7. The number of rotatable bonds is 4. The molecular weight excluding hydrogens is 276 g/mol. The second-order valence-corrected chi connectivity index (χ2v) is 6.67. The van der Waals surface area contributed by atoms with E-state index in [1.54, 1.807) is 12.4 Å². The third-order valence-corrected chi connectivity index (χ3v) is 4.65. The molecule has 0 radical (unpaired) electrons. The molecule has 0 spiro atoms. The number of nitrogens with zero attached hydrogens (tertiary/aromatic N) is 4. The zero-order valence-corrected chi connectivity index (χ0v) is 13.9. The number of ether oxygens (including phenoxy) is 1. The van der Waals surface area contributed by atoms with Gasteiger partial charge < -0.3 is 14.5 Å². The maximum absolute atomic E-state index is 5.84. The standard InChI is InChI=1S/C17H28N4O/c1-14(2)22-17-16(18-8-9-19-17)21-12-5-6-15(7-13-21)20-10-3-4-11-20/h8-9,14-15H,3-7,10-13H2,1-2H3. The van der Waals surface area contributed by atoms with Gasteiger partial charge in [-0.25, -0.2) is 9.97 Å². The summed E-state index contributed by atoms with van der Waals surface area (Å²) in [6.45, 7) is 8.75. The third-order valence-electron chi connectivity index (χ3n) is 4.65. The van der Waals surface area contributed by atoms with Gasteiger partial charge in [0.25, 0.3) is 5.88 Å². The first-order valence-electron chi connectivity index (χ1n) is 8.70. The minimum atomic E-state index is 0.125. The van der Waals surface area contributed by atoms with Crippen LogP contribution in [0.2, 0.25) is 0 Å². The third kappa shape index (κ3) is 3.69. The highest BCUT2D eigenvalue weighted by molar-refractivity contribution is 5.48. The molecule has 0 bridgehead atoms. The van der Waals surface area contributed by atoms with E-state index in [2.05, 4.69) is 19.8 Å². The molecule has 2 fully saturated rings. The Labute approximate surface area is 133 Å². The second kappa shape index (κ2) is 7.27. The largest absolute Gasteiger partial charge is 0.472 e. The molecule has 2 aliphatic rings. The van der Waals surface area contributed by atoms with Gasteiger partial charge in [0.05, 0.1) is 6.10 Å². The first-order valence-corrected chi connectivity index (χ1v) is 8.70. The highest BCUT2D eigenvalue weighted by Gasteiger charge is 2.26. The first kappa shape index (κ1) is 15.5. The Morgan fingerprint density at radius 2 is 1.77 bits per heavy atom. The lowest BCUT2D eigenvalue weighted by Crippen LogP contribution is -2.34. The SMILES string of the molecule is CC(C)Oc1nccnc1N1CCCC(N2CCCC2)CC1. The van der Waals surface area contributed by atoms with Gasteiger partial charge in [-0.1, -0.05) is 0 Å². The zero-order valence-electron chi connectivity index (χ0n) is 13.9. The van der Waals surface area contributed by atoms with E-state index < -0.39 is 0 Å². The molecule has 5 nitrogen and oxygen atoms in total. The summed E-state index contributed by atoms with van der Waals surface area (Å²) in [7, 11) is 0. The van der Waals surface area contributed by atoms with Crippen LogP contribution in [0.15, 0.2) is 12.4 Å². The van der Waals surface area contributed by atoms with Crippen LogP contribution < -0.4 is 9.64 Å². The molecule has 22 heavy (non-hydrogen) atoms. The van der Waals surface area contributed by atoms with Crippen molar-refractivity contribution in [2.45, 2.75) is 58.1 Å². The molecule has 1 aromatic rings. The van der Waals surface area contributed by atoms with Crippen molar-refractivity contribution in [3.63, 3.8) is 0 Å². The summed E-state index contributed by atoms with van der Waals surface area (Å²) in [5.41, 5.74) is 0. The molecule has 5 heteroatoms. The van der Waals surface area contributed by atoms with E-state index in [-0.39, 0.29) is 6.10 Å². The molecule has 2 saturated heterocycles. The molecule has 3 heterocycles. The highest BCUT2D eigenvalue weighted by atomic mass is 16.5.